The molecule has 0 aliphatic heterocycles. The molecule has 0 heterocycles. The molecule has 0 fully saturated rings. The van der Waals surface area contributed by atoms with Gasteiger partial charge in [0.2, 0.25) is 0 Å². The third-order valence-corrected chi connectivity index (χ3v) is 0.352. The molecule has 5 nitrogen and oxygen atoms in total. The Morgan fingerprint density at radius 3 is 1.42 bits per heavy atom. The summed E-state index contributed by atoms with van der Waals surface area (Å²) in [6.07, 6.45) is 0. The molecule has 5 heteroatoms. The number of carboxylic acid groups (broad SMARTS) is 1. The normalized spacial score (nSPS) is 9.42. The summed E-state index contributed by atoms with van der Waals surface area (Å²) in [5, 5.41) is 9.34. The van der Waals surface area contributed by atoms with Crippen molar-refractivity contribution in [2.45, 2.75) is 0 Å². The molecule has 0 atom stereocenters. The predicted octanol–water partition coefficient (Wildman–Crippen LogP) is -1.77. The Hall–Kier alpha value is -1.10. The van der Waals surface area contributed by atoms with Crippen molar-refractivity contribution in [2.75, 3.05) is 35.3 Å². The maximum Gasteiger partial charge on any atom is 0.353 e. The monoisotopic (exact) mass is 177 g/mol. The van der Waals surface area contributed by atoms with Gasteiger partial charge in [0.25, 0.3) is 0 Å². The number of carboxylic acids is 1. The van der Waals surface area contributed by atoms with Crippen LogP contribution >= 0.6 is 0 Å². The molecule has 0 aliphatic rings. The van der Waals surface area contributed by atoms with Crippen molar-refractivity contribution in [3.63, 3.8) is 0 Å². The molecule has 12 heavy (non-hydrogen) atoms. The van der Waals surface area contributed by atoms with E-state index in [1.807, 2.05) is 0 Å². The van der Waals surface area contributed by atoms with Crippen LogP contribution in [0.1, 0.15) is 0 Å². The van der Waals surface area contributed by atoms with E-state index in [2.05, 4.69) is 32.9 Å². The largest absolute Gasteiger partial charge is 0.539 e. The summed E-state index contributed by atoms with van der Waals surface area (Å²) in [5.41, 5.74) is 0. The van der Waals surface area contributed by atoms with Crippen LogP contribution in [0.5, 0.6) is 0 Å². The summed E-state index contributed by atoms with van der Waals surface area (Å²) in [4.78, 5) is 19.0. The Kier molecular flexibility index (Phi) is 6.22. The van der Waals surface area contributed by atoms with Gasteiger partial charge in [-0.15, -0.1) is 0 Å². The highest BCUT2D eigenvalue weighted by Gasteiger charge is 1.95. The fraction of sp³-hybridized carbons (Fsp3) is 0.714. The molecule has 0 aromatic carbocycles. The van der Waals surface area contributed by atoms with Gasteiger partial charge < -0.3 is 19.1 Å². The zero-order valence-electron chi connectivity index (χ0n) is 8.08. The van der Waals surface area contributed by atoms with Crippen LogP contribution in [0.4, 0.5) is 0 Å². The Bertz CT molecular complexity index is 153. The molecule has 0 aromatic heterocycles. The highest BCUT2D eigenvalue weighted by molar-refractivity contribution is 6.27. The number of carbonyl (C=O) groups excluding carboxylic acids is 2. The van der Waals surface area contributed by atoms with Crippen LogP contribution in [-0.2, 0) is 14.3 Å². The summed E-state index contributed by atoms with van der Waals surface area (Å²) < 4.78 is 4.71. The van der Waals surface area contributed by atoms with E-state index in [4.69, 9.17) is 0 Å². The number of aliphatic carboxylic acids is 1. The van der Waals surface area contributed by atoms with Gasteiger partial charge in [0.1, 0.15) is 0 Å². The van der Waals surface area contributed by atoms with Crippen molar-refractivity contribution < 1.29 is 23.9 Å². The van der Waals surface area contributed by atoms with E-state index < -0.39 is 11.9 Å². The van der Waals surface area contributed by atoms with Gasteiger partial charge in [-0.05, 0) is 0 Å². The first kappa shape index (κ1) is 13.5. The van der Waals surface area contributed by atoms with Crippen molar-refractivity contribution in [3.05, 3.63) is 0 Å². The fourth-order valence-corrected chi connectivity index (χ4v) is 0.0833. The summed E-state index contributed by atoms with van der Waals surface area (Å²) in [6.45, 7) is 0. The maximum atomic E-state index is 9.63. The third kappa shape index (κ3) is 23.1. The Morgan fingerprint density at radius 1 is 1.17 bits per heavy atom. The molecule has 0 aromatic rings. The minimum Gasteiger partial charge on any atom is -0.539 e. The van der Waals surface area contributed by atoms with Gasteiger partial charge in [-0.25, -0.2) is 4.79 Å². The lowest BCUT2D eigenvalue weighted by Crippen LogP contribution is -2.32. The van der Waals surface area contributed by atoms with Crippen LogP contribution in [0.2, 0.25) is 0 Å². The zero-order valence-corrected chi connectivity index (χ0v) is 8.08. The van der Waals surface area contributed by atoms with Crippen LogP contribution in [0.3, 0.4) is 0 Å². The van der Waals surface area contributed by atoms with Crippen molar-refractivity contribution in [3.8, 4) is 0 Å². The minimum atomic E-state index is -1.82. The smallest absolute Gasteiger partial charge is 0.353 e. The van der Waals surface area contributed by atoms with E-state index in [-0.39, 0.29) is 0 Å². The van der Waals surface area contributed by atoms with E-state index in [1.54, 1.807) is 0 Å². The van der Waals surface area contributed by atoms with Gasteiger partial charge >= 0.3 is 5.97 Å². The van der Waals surface area contributed by atoms with E-state index in [0.717, 1.165) is 11.6 Å². The summed E-state index contributed by atoms with van der Waals surface area (Å²) in [5.74, 6) is -3.16. The SMILES string of the molecule is COC(=O)C(=O)[O-].C[N+](C)(C)C. The van der Waals surface area contributed by atoms with Crippen molar-refractivity contribution in [1.82, 2.24) is 0 Å². The minimum absolute atomic E-state index is 0.970. The Morgan fingerprint density at radius 2 is 1.42 bits per heavy atom. The van der Waals surface area contributed by atoms with Gasteiger partial charge in [-0.1, -0.05) is 0 Å². The number of hydrogen-bond acceptors (Lipinski definition) is 4. The van der Waals surface area contributed by atoms with Crippen LogP contribution in [0, 0.1) is 0 Å². The lowest BCUT2D eigenvalue weighted by Gasteiger charge is -2.14. The first-order valence-electron chi connectivity index (χ1n) is 3.26. The summed E-state index contributed by atoms with van der Waals surface area (Å²) in [6, 6.07) is 0. The quantitative estimate of drug-likeness (QED) is 0.249. The molecule has 0 spiro atoms. The number of nitrogens with zero attached hydrogens (tertiary/aromatic N) is 1. The number of quaternary nitrogens is 1. The molecule has 0 amide bonds. The molecule has 0 saturated carbocycles. The lowest BCUT2D eigenvalue weighted by atomic mass is 10.7. The van der Waals surface area contributed by atoms with Gasteiger partial charge in [0.05, 0.1) is 35.3 Å². The molecule has 72 valence electrons. The standard InChI is InChI=1S/C4H12N.C3H4O4/c1-5(2,3)4;1-7-3(6)2(4)5/h1-4H3;1H3,(H,4,5)/q+1;/p-1. The fourth-order valence-electron chi connectivity index (χ4n) is 0.0833. The van der Waals surface area contributed by atoms with Gasteiger partial charge in [-0.3, -0.25) is 0 Å². The van der Waals surface area contributed by atoms with E-state index in [9.17, 15) is 14.7 Å². The lowest BCUT2D eigenvalue weighted by molar-refractivity contribution is -0.849. The number of rotatable bonds is 0. The highest BCUT2D eigenvalue weighted by atomic mass is 16.5. The molecular weight excluding hydrogens is 162 g/mol. The van der Waals surface area contributed by atoms with Crippen LogP contribution < -0.4 is 5.11 Å². The maximum absolute atomic E-state index is 9.63. The molecular formula is C7H15NO4. The second-order valence-corrected chi connectivity index (χ2v) is 3.46. The molecule has 0 bridgehead atoms. The van der Waals surface area contributed by atoms with Crippen LogP contribution in [-0.4, -0.2) is 51.7 Å². The van der Waals surface area contributed by atoms with Crippen molar-refractivity contribution >= 4 is 11.9 Å². The molecule has 0 saturated heterocycles. The second kappa shape index (κ2) is 5.54. The van der Waals surface area contributed by atoms with Crippen LogP contribution in [0.25, 0.3) is 0 Å². The second-order valence-electron chi connectivity index (χ2n) is 3.46. The Labute approximate surface area is 72.1 Å². The van der Waals surface area contributed by atoms with Crippen molar-refractivity contribution in [1.29, 1.82) is 0 Å². The first-order valence-corrected chi connectivity index (χ1v) is 3.26. The van der Waals surface area contributed by atoms with E-state index in [1.165, 1.54) is 0 Å². The summed E-state index contributed by atoms with van der Waals surface area (Å²) >= 11 is 0. The van der Waals surface area contributed by atoms with Gasteiger partial charge in [0, 0.05) is 0 Å². The number of methoxy groups -OCH3 is 1. The van der Waals surface area contributed by atoms with E-state index >= 15 is 0 Å². The molecule has 0 unspecified atom stereocenters. The number of ether oxygens (including phenoxy) is 1. The number of carbonyl (C=O) groups is 2. The topological polar surface area (TPSA) is 66.4 Å². The average molecular weight is 177 g/mol. The zero-order chi connectivity index (χ0) is 10.4. The molecule has 0 radical (unpaired) electrons. The highest BCUT2D eigenvalue weighted by Crippen LogP contribution is 1.73. The van der Waals surface area contributed by atoms with Crippen molar-refractivity contribution in [2.24, 2.45) is 0 Å². The summed E-state index contributed by atoms with van der Waals surface area (Å²) in [7, 11) is 9.47. The van der Waals surface area contributed by atoms with Gasteiger partial charge in [-0.2, -0.15) is 0 Å². The Balaban J connectivity index is 0. The van der Waals surface area contributed by atoms with Crippen LogP contribution in [0.15, 0.2) is 0 Å². The van der Waals surface area contributed by atoms with E-state index in [0.29, 0.717) is 0 Å². The molecule has 0 aliphatic carbocycles. The molecule has 0 rings (SSSR count). The molecule has 0 N–H and O–H groups in total. The predicted molar refractivity (Wildman–Crippen MR) is 41.0 cm³/mol. The first-order chi connectivity index (χ1) is 5.18. The third-order valence-electron chi connectivity index (χ3n) is 0.352. The average Bonchev–Trinajstić information content (AvgIpc) is 1.82. The number of hydrogen-bond donors (Lipinski definition) is 0. The van der Waals surface area contributed by atoms with Gasteiger partial charge in [0.15, 0.2) is 5.97 Å². The number of esters is 1.